The predicted molar refractivity (Wildman–Crippen MR) is 75.1 cm³/mol. The minimum Gasteiger partial charge on any atom is -0.310 e. The molecule has 0 radical (unpaired) electrons. The molecule has 1 fully saturated rings. The van der Waals surface area contributed by atoms with Gasteiger partial charge in [-0.15, -0.1) is 0 Å². The van der Waals surface area contributed by atoms with Gasteiger partial charge in [0.2, 0.25) is 0 Å². The molecule has 1 aromatic carbocycles. The van der Waals surface area contributed by atoms with Crippen molar-refractivity contribution in [2.45, 2.75) is 31.8 Å². The van der Waals surface area contributed by atoms with Crippen LogP contribution < -0.4 is 5.32 Å². The third-order valence-electron chi connectivity index (χ3n) is 3.67. The van der Waals surface area contributed by atoms with Gasteiger partial charge in [0.05, 0.1) is 4.92 Å². The second-order valence-electron chi connectivity index (χ2n) is 5.24. The molecule has 0 spiro atoms. The first-order chi connectivity index (χ1) is 9.15. The fourth-order valence-electron chi connectivity index (χ4n) is 2.49. The summed E-state index contributed by atoms with van der Waals surface area (Å²) >= 11 is 0. The molecule has 19 heavy (non-hydrogen) atoms. The SMILES string of the molecule is CN1CCCC(NCc2cccc([N+](=O)[O-])c2)CC1. The van der Waals surface area contributed by atoms with Crippen molar-refractivity contribution >= 4 is 5.69 Å². The number of nitro benzene ring substituents is 1. The van der Waals surface area contributed by atoms with Crippen molar-refractivity contribution in [1.82, 2.24) is 10.2 Å². The fraction of sp³-hybridized carbons (Fsp3) is 0.571. The van der Waals surface area contributed by atoms with Crippen LogP contribution in [0.4, 0.5) is 5.69 Å². The number of hydrogen-bond donors (Lipinski definition) is 1. The van der Waals surface area contributed by atoms with Crippen LogP contribution in [-0.4, -0.2) is 36.0 Å². The minimum absolute atomic E-state index is 0.167. The number of hydrogen-bond acceptors (Lipinski definition) is 4. The van der Waals surface area contributed by atoms with Gasteiger partial charge < -0.3 is 10.2 Å². The van der Waals surface area contributed by atoms with Crippen molar-refractivity contribution in [2.24, 2.45) is 0 Å². The minimum atomic E-state index is -0.343. The molecule has 1 heterocycles. The van der Waals surface area contributed by atoms with E-state index in [0.717, 1.165) is 25.1 Å². The van der Waals surface area contributed by atoms with Gasteiger partial charge in [0.15, 0.2) is 0 Å². The molecule has 0 bridgehead atoms. The molecular formula is C14H21N3O2. The van der Waals surface area contributed by atoms with Gasteiger partial charge >= 0.3 is 0 Å². The summed E-state index contributed by atoms with van der Waals surface area (Å²) in [5, 5.41) is 14.2. The summed E-state index contributed by atoms with van der Waals surface area (Å²) in [6, 6.07) is 7.38. The van der Waals surface area contributed by atoms with E-state index in [-0.39, 0.29) is 10.6 Å². The van der Waals surface area contributed by atoms with E-state index in [1.807, 2.05) is 6.07 Å². The van der Waals surface area contributed by atoms with Crippen LogP contribution in [0.3, 0.4) is 0 Å². The number of rotatable bonds is 4. The summed E-state index contributed by atoms with van der Waals surface area (Å²) in [6.45, 7) is 2.98. The number of nitrogens with one attached hydrogen (secondary N) is 1. The van der Waals surface area contributed by atoms with Crippen LogP contribution in [0, 0.1) is 10.1 Å². The molecule has 1 aliphatic heterocycles. The van der Waals surface area contributed by atoms with Crippen LogP contribution in [0.2, 0.25) is 0 Å². The van der Waals surface area contributed by atoms with Gasteiger partial charge in [-0.1, -0.05) is 12.1 Å². The molecule has 2 rings (SSSR count). The Morgan fingerprint density at radius 1 is 1.42 bits per heavy atom. The lowest BCUT2D eigenvalue weighted by Crippen LogP contribution is -2.29. The molecule has 1 atom stereocenters. The smallest absolute Gasteiger partial charge is 0.269 e. The van der Waals surface area contributed by atoms with Gasteiger partial charge in [-0.25, -0.2) is 0 Å². The Morgan fingerprint density at radius 3 is 3.05 bits per heavy atom. The molecule has 0 aliphatic carbocycles. The van der Waals surface area contributed by atoms with E-state index >= 15 is 0 Å². The van der Waals surface area contributed by atoms with E-state index in [9.17, 15) is 10.1 Å². The summed E-state index contributed by atoms with van der Waals surface area (Å²) in [6.07, 6.45) is 3.54. The molecule has 0 amide bonds. The highest BCUT2D eigenvalue weighted by molar-refractivity contribution is 5.34. The van der Waals surface area contributed by atoms with Crippen LogP contribution in [0.5, 0.6) is 0 Å². The lowest BCUT2D eigenvalue weighted by Gasteiger charge is -2.16. The first-order valence-electron chi connectivity index (χ1n) is 6.80. The van der Waals surface area contributed by atoms with E-state index in [0.29, 0.717) is 12.6 Å². The molecule has 5 heteroatoms. The molecular weight excluding hydrogens is 242 g/mol. The highest BCUT2D eigenvalue weighted by Gasteiger charge is 2.14. The average Bonchev–Trinajstić information content (AvgIpc) is 2.61. The van der Waals surface area contributed by atoms with Gasteiger partial charge in [0.1, 0.15) is 0 Å². The van der Waals surface area contributed by atoms with E-state index in [2.05, 4.69) is 17.3 Å². The van der Waals surface area contributed by atoms with Crippen LogP contribution in [0.1, 0.15) is 24.8 Å². The zero-order chi connectivity index (χ0) is 13.7. The van der Waals surface area contributed by atoms with Crippen molar-refractivity contribution < 1.29 is 4.92 Å². The Balaban J connectivity index is 1.87. The van der Waals surface area contributed by atoms with Gasteiger partial charge in [-0.2, -0.15) is 0 Å². The van der Waals surface area contributed by atoms with Crippen molar-refractivity contribution in [1.29, 1.82) is 0 Å². The van der Waals surface area contributed by atoms with Gasteiger partial charge in [-0.3, -0.25) is 10.1 Å². The summed E-state index contributed by atoms with van der Waals surface area (Å²) in [5.74, 6) is 0. The predicted octanol–water partition coefficient (Wildman–Crippen LogP) is 2.17. The third-order valence-corrected chi connectivity index (χ3v) is 3.67. The highest BCUT2D eigenvalue weighted by Crippen LogP contribution is 2.14. The van der Waals surface area contributed by atoms with Crippen LogP contribution >= 0.6 is 0 Å². The van der Waals surface area contributed by atoms with Crippen LogP contribution in [-0.2, 0) is 6.54 Å². The van der Waals surface area contributed by atoms with Crippen LogP contribution in [0.25, 0.3) is 0 Å². The largest absolute Gasteiger partial charge is 0.310 e. The molecule has 0 saturated carbocycles. The lowest BCUT2D eigenvalue weighted by molar-refractivity contribution is -0.384. The molecule has 104 valence electrons. The zero-order valence-electron chi connectivity index (χ0n) is 11.3. The second kappa shape index (κ2) is 6.63. The van der Waals surface area contributed by atoms with Crippen molar-refractivity contribution in [3.05, 3.63) is 39.9 Å². The summed E-state index contributed by atoms with van der Waals surface area (Å²) in [4.78, 5) is 12.7. The highest BCUT2D eigenvalue weighted by atomic mass is 16.6. The quantitative estimate of drug-likeness (QED) is 0.668. The number of non-ortho nitro benzene ring substituents is 1. The molecule has 1 unspecified atom stereocenters. The Morgan fingerprint density at radius 2 is 2.26 bits per heavy atom. The van der Waals surface area contributed by atoms with E-state index in [1.165, 1.54) is 18.9 Å². The van der Waals surface area contributed by atoms with Gasteiger partial charge in [-0.05, 0) is 45.0 Å². The Kier molecular flexibility index (Phi) is 4.87. The molecule has 5 nitrogen and oxygen atoms in total. The number of likely N-dealkylation sites (tertiary alicyclic amines) is 1. The maximum atomic E-state index is 10.7. The average molecular weight is 263 g/mol. The Bertz CT molecular complexity index is 436. The van der Waals surface area contributed by atoms with E-state index < -0.39 is 0 Å². The topological polar surface area (TPSA) is 58.4 Å². The van der Waals surface area contributed by atoms with Crippen molar-refractivity contribution in [3.8, 4) is 0 Å². The fourth-order valence-corrected chi connectivity index (χ4v) is 2.49. The molecule has 1 N–H and O–H groups in total. The molecule has 0 aromatic heterocycles. The number of nitro groups is 1. The lowest BCUT2D eigenvalue weighted by atomic mass is 10.1. The molecule has 1 aromatic rings. The Hall–Kier alpha value is -1.46. The number of nitrogens with zero attached hydrogens (tertiary/aromatic N) is 2. The summed E-state index contributed by atoms with van der Waals surface area (Å²) < 4.78 is 0. The van der Waals surface area contributed by atoms with Gasteiger partial charge in [0.25, 0.3) is 5.69 Å². The summed E-state index contributed by atoms with van der Waals surface area (Å²) in [5.41, 5.74) is 1.15. The second-order valence-corrected chi connectivity index (χ2v) is 5.24. The maximum absolute atomic E-state index is 10.7. The van der Waals surface area contributed by atoms with Crippen molar-refractivity contribution in [2.75, 3.05) is 20.1 Å². The first-order valence-corrected chi connectivity index (χ1v) is 6.80. The van der Waals surface area contributed by atoms with Gasteiger partial charge in [0, 0.05) is 24.7 Å². The van der Waals surface area contributed by atoms with Crippen molar-refractivity contribution in [3.63, 3.8) is 0 Å². The summed E-state index contributed by atoms with van der Waals surface area (Å²) in [7, 11) is 2.16. The molecule has 1 saturated heterocycles. The third kappa shape index (κ3) is 4.29. The van der Waals surface area contributed by atoms with Crippen LogP contribution in [0.15, 0.2) is 24.3 Å². The molecule has 1 aliphatic rings. The normalized spacial score (nSPS) is 21.0. The van der Waals surface area contributed by atoms with E-state index in [4.69, 9.17) is 0 Å². The number of benzene rings is 1. The van der Waals surface area contributed by atoms with E-state index in [1.54, 1.807) is 12.1 Å². The maximum Gasteiger partial charge on any atom is 0.269 e. The monoisotopic (exact) mass is 263 g/mol. The standard InChI is InChI=1S/C14H21N3O2/c1-16-8-3-5-13(7-9-16)15-11-12-4-2-6-14(10-12)17(18)19/h2,4,6,10,13,15H,3,5,7-9,11H2,1H3. The first kappa shape index (κ1) is 14.0. The zero-order valence-corrected chi connectivity index (χ0v) is 11.3. The Labute approximate surface area is 113 Å².